The fraction of sp³-hybridized carbons (Fsp3) is 0.429. The molecule has 8 nitrogen and oxygen atoms in total. The van der Waals surface area contributed by atoms with Crippen LogP contribution in [0.5, 0.6) is 0 Å². The van der Waals surface area contributed by atoms with Gasteiger partial charge < -0.3 is 14.5 Å². The van der Waals surface area contributed by atoms with Crippen LogP contribution in [-0.2, 0) is 9.53 Å². The van der Waals surface area contributed by atoms with Crippen molar-refractivity contribution in [1.29, 1.82) is 0 Å². The Labute approximate surface area is 168 Å². The molecule has 1 heterocycles. The Morgan fingerprint density at radius 1 is 1.10 bits per heavy atom. The zero-order chi connectivity index (χ0) is 20.8. The maximum atomic E-state index is 12.3. The van der Waals surface area contributed by atoms with Crippen LogP contribution < -0.4 is 5.32 Å². The minimum Gasteiger partial charge on any atom is -0.449 e. The summed E-state index contributed by atoms with van der Waals surface area (Å²) in [6.07, 6.45) is 5.53. The third-order valence-corrected chi connectivity index (χ3v) is 5.02. The molecule has 1 aliphatic carbocycles. The molecular formula is C21H24N2O6. The number of rotatable bonds is 6. The predicted molar refractivity (Wildman–Crippen MR) is 105 cm³/mol. The van der Waals surface area contributed by atoms with Gasteiger partial charge in [-0.1, -0.05) is 25.7 Å². The van der Waals surface area contributed by atoms with E-state index in [0.29, 0.717) is 11.3 Å². The Morgan fingerprint density at radius 2 is 1.76 bits per heavy atom. The van der Waals surface area contributed by atoms with Crippen molar-refractivity contribution < 1.29 is 23.7 Å². The van der Waals surface area contributed by atoms with Crippen molar-refractivity contribution in [2.24, 2.45) is 0 Å². The van der Waals surface area contributed by atoms with Gasteiger partial charge in [0.1, 0.15) is 5.76 Å². The van der Waals surface area contributed by atoms with Crippen molar-refractivity contribution >= 4 is 17.6 Å². The van der Waals surface area contributed by atoms with Crippen LogP contribution in [0.3, 0.4) is 0 Å². The van der Waals surface area contributed by atoms with E-state index in [1.807, 2.05) is 0 Å². The van der Waals surface area contributed by atoms with E-state index in [4.69, 9.17) is 9.15 Å². The topological polar surface area (TPSA) is 112 Å². The Bertz CT molecular complexity index is 866. The molecule has 1 amide bonds. The maximum absolute atomic E-state index is 12.3. The fourth-order valence-electron chi connectivity index (χ4n) is 3.36. The summed E-state index contributed by atoms with van der Waals surface area (Å²) in [6.45, 7) is 1.53. The zero-order valence-corrected chi connectivity index (χ0v) is 16.3. The molecule has 1 aromatic carbocycles. The van der Waals surface area contributed by atoms with Crippen molar-refractivity contribution in [2.45, 2.75) is 57.6 Å². The van der Waals surface area contributed by atoms with Gasteiger partial charge in [0.15, 0.2) is 6.10 Å². The van der Waals surface area contributed by atoms with Gasteiger partial charge in [0.25, 0.3) is 11.6 Å². The van der Waals surface area contributed by atoms with E-state index >= 15 is 0 Å². The Kier molecular flexibility index (Phi) is 6.64. The van der Waals surface area contributed by atoms with Gasteiger partial charge in [-0.05, 0) is 44.0 Å². The molecule has 1 N–H and O–H groups in total. The number of amides is 1. The number of benzene rings is 1. The van der Waals surface area contributed by atoms with Crippen molar-refractivity contribution in [2.75, 3.05) is 0 Å². The normalized spacial score (nSPS) is 15.9. The number of nitro groups is 1. The van der Waals surface area contributed by atoms with E-state index in [1.54, 1.807) is 6.07 Å². The van der Waals surface area contributed by atoms with Crippen molar-refractivity contribution in [1.82, 2.24) is 5.32 Å². The summed E-state index contributed by atoms with van der Waals surface area (Å²) >= 11 is 0. The number of non-ortho nitro benzene ring substituents is 1. The number of carbonyl (C=O) groups excluding carboxylic acids is 2. The zero-order valence-electron chi connectivity index (χ0n) is 16.3. The van der Waals surface area contributed by atoms with Crippen LogP contribution in [0, 0.1) is 10.1 Å². The van der Waals surface area contributed by atoms with Crippen LogP contribution in [-0.4, -0.2) is 28.9 Å². The monoisotopic (exact) mass is 400 g/mol. The Balaban J connectivity index is 1.57. The van der Waals surface area contributed by atoms with Crippen molar-refractivity contribution in [3.8, 4) is 11.3 Å². The summed E-state index contributed by atoms with van der Waals surface area (Å²) in [5, 5.41) is 13.7. The van der Waals surface area contributed by atoms with Gasteiger partial charge in [-0.15, -0.1) is 0 Å². The van der Waals surface area contributed by atoms with Gasteiger partial charge in [-0.3, -0.25) is 14.9 Å². The smallest absolute Gasteiger partial charge is 0.375 e. The van der Waals surface area contributed by atoms with E-state index in [9.17, 15) is 19.7 Å². The first kappa shape index (κ1) is 20.6. The third-order valence-electron chi connectivity index (χ3n) is 5.02. The third kappa shape index (κ3) is 5.43. The average Bonchev–Trinajstić information content (AvgIpc) is 3.07. The molecule has 1 aromatic heterocycles. The molecule has 0 unspecified atom stereocenters. The van der Waals surface area contributed by atoms with Gasteiger partial charge in [-0.25, -0.2) is 4.79 Å². The molecule has 0 spiro atoms. The SMILES string of the molecule is C[C@H](OC(=O)c1ccc(-c2ccc([N+](=O)[O-])cc2)o1)C(=O)NC1CCCCCC1. The minimum atomic E-state index is -0.932. The number of hydrogen-bond donors (Lipinski definition) is 1. The van der Waals surface area contributed by atoms with Gasteiger partial charge >= 0.3 is 5.97 Å². The van der Waals surface area contributed by atoms with Gasteiger partial charge in [0, 0.05) is 23.7 Å². The number of nitrogens with one attached hydrogen (secondary N) is 1. The molecule has 1 fully saturated rings. The molecule has 3 rings (SSSR count). The van der Waals surface area contributed by atoms with Crippen molar-refractivity contribution in [3.05, 3.63) is 52.3 Å². The quantitative estimate of drug-likeness (QED) is 0.336. The second kappa shape index (κ2) is 9.36. The molecule has 1 saturated carbocycles. The molecule has 0 aliphatic heterocycles. The lowest BCUT2D eigenvalue weighted by atomic mass is 10.1. The first-order valence-corrected chi connectivity index (χ1v) is 9.80. The number of esters is 1. The highest BCUT2D eigenvalue weighted by Gasteiger charge is 2.24. The summed E-state index contributed by atoms with van der Waals surface area (Å²) in [6, 6.07) is 8.95. The van der Waals surface area contributed by atoms with Crippen LogP contribution in [0.25, 0.3) is 11.3 Å². The number of hydrogen-bond acceptors (Lipinski definition) is 6. The number of furan rings is 1. The molecule has 0 bridgehead atoms. The summed E-state index contributed by atoms with van der Waals surface area (Å²) in [5.41, 5.74) is 0.558. The first-order chi connectivity index (χ1) is 13.9. The lowest BCUT2D eigenvalue weighted by Gasteiger charge is -2.19. The summed E-state index contributed by atoms with van der Waals surface area (Å²) in [7, 11) is 0. The summed E-state index contributed by atoms with van der Waals surface area (Å²) in [4.78, 5) is 34.9. The highest BCUT2D eigenvalue weighted by Crippen LogP contribution is 2.25. The first-order valence-electron chi connectivity index (χ1n) is 9.80. The van der Waals surface area contributed by atoms with Gasteiger partial charge in [-0.2, -0.15) is 0 Å². The summed E-state index contributed by atoms with van der Waals surface area (Å²) in [5.74, 6) is -0.705. The van der Waals surface area contributed by atoms with E-state index in [2.05, 4.69) is 5.32 Å². The Hall–Kier alpha value is -3.16. The molecule has 1 atom stereocenters. The second-order valence-electron chi connectivity index (χ2n) is 7.21. The highest BCUT2D eigenvalue weighted by molar-refractivity contribution is 5.90. The maximum Gasteiger partial charge on any atom is 0.375 e. The lowest BCUT2D eigenvalue weighted by molar-refractivity contribution is -0.384. The van der Waals surface area contributed by atoms with Crippen LogP contribution >= 0.6 is 0 Å². The molecule has 0 radical (unpaired) electrons. The van der Waals surface area contributed by atoms with Gasteiger partial charge in [0.05, 0.1) is 4.92 Å². The van der Waals surface area contributed by atoms with E-state index < -0.39 is 17.0 Å². The van der Waals surface area contributed by atoms with Crippen LogP contribution in [0.4, 0.5) is 5.69 Å². The fourth-order valence-corrected chi connectivity index (χ4v) is 3.36. The van der Waals surface area contributed by atoms with Crippen LogP contribution in [0.2, 0.25) is 0 Å². The number of carbonyl (C=O) groups is 2. The van der Waals surface area contributed by atoms with Crippen LogP contribution in [0.15, 0.2) is 40.8 Å². The standard InChI is InChI=1S/C21H24N2O6/c1-14(20(24)22-16-6-4-2-3-5-7-16)28-21(25)19-13-12-18(29-19)15-8-10-17(11-9-15)23(26)27/h8-14,16H,2-7H2,1H3,(H,22,24)/t14-/m0/s1. The van der Waals surface area contributed by atoms with Gasteiger partial charge in [0.2, 0.25) is 5.76 Å². The van der Waals surface area contributed by atoms with E-state index in [1.165, 1.54) is 50.1 Å². The number of nitrogens with zero attached hydrogens (tertiary/aromatic N) is 1. The molecule has 2 aromatic rings. The van der Waals surface area contributed by atoms with Crippen LogP contribution in [0.1, 0.15) is 56.0 Å². The second-order valence-corrected chi connectivity index (χ2v) is 7.21. The molecular weight excluding hydrogens is 376 g/mol. The molecule has 8 heteroatoms. The number of nitro benzene ring substituents is 1. The van der Waals surface area contributed by atoms with E-state index in [-0.39, 0.29) is 23.4 Å². The molecule has 0 saturated heterocycles. The predicted octanol–water partition coefficient (Wildman–Crippen LogP) is 4.24. The average molecular weight is 400 g/mol. The molecule has 1 aliphatic rings. The Morgan fingerprint density at radius 3 is 2.38 bits per heavy atom. The molecule has 154 valence electrons. The van der Waals surface area contributed by atoms with E-state index in [0.717, 1.165) is 25.7 Å². The molecule has 29 heavy (non-hydrogen) atoms. The highest BCUT2D eigenvalue weighted by atomic mass is 16.6. The largest absolute Gasteiger partial charge is 0.449 e. The lowest BCUT2D eigenvalue weighted by Crippen LogP contribution is -2.41. The minimum absolute atomic E-state index is 0.0338. The summed E-state index contributed by atoms with van der Waals surface area (Å²) < 4.78 is 10.7. The van der Waals surface area contributed by atoms with Crippen molar-refractivity contribution in [3.63, 3.8) is 0 Å². The number of ether oxygens (including phenoxy) is 1.